The number of carbonyl (C=O) groups is 1. The monoisotopic (exact) mass is 283 g/mol. The van der Waals surface area contributed by atoms with E-state index in [1.165, 1.54) is 22.4 Å². The van der Waals surface area contributed by atoms with Crippen LogP contribution in [0.3, 0.4) is 0 Å². The van der Waals surface area contributed by atoms with Crippen LogP contribution in [0.4, 0.5) is 5.69 Å². The van der Waals surface area contributed by atoms with Crippen LogP contribution < -0.4 is 4.90 Å². The predicted octanol–water partition coefficient (Wildman–Crippen LogP) is 3.83. The first kappa shape index (κ1) is 12.2. The summed E-state index contributed by atoms with van der Waals surface area (Å²) in [5, 5.41) is 0. The third-order valence-corrected chi connectivity index (χ3v) is 5.61. The van der Waals surface area contributed by atoms with Crippen LogP contribution in [0, 0.1) is 0 Å². The van der Waals surface area contributed by atoms with E-state index in [2.05, 4.69) is 31.2 Å². The van der Waals surface area contributed by atoms with Gasteiger partial charge in [-0.2, -0.15) is 0 Å². The molecule has 1 aromatic heterocycles. The first-order valence-corrected chi connectivity index (χ1v) is 8.09. The van der Waals surface area contributed by atoms with Crippen LogP contribution >= 0.6 is 11.3 Å². The highest BCUT2D eigenvalue weighted by molar-refractivity contribution is 7.14. The summed E-state index contributed by atoms with van der Waals surface area (Å²) in [5.41, 5.74) is 3.79. The summed E-state index contributed by atoms with van der Waals surface area (Å²) in [7, 11) is 0. The van der Waals surface area contributed by atoms with E-state index in [0.717, 1.165) is 29.8 Å². The Hall–Kier alpha value is -1.61. The Morgan fingerprint density at radius 1 is 1.25 bits per heavy atom. The zero-order valence-electron chi connectivity index (χ0n) is 11.6. The van der Waals surface area contributed by atoms with Gasteiger partial charge in [-0.3, -0.25) is 4.79 Å². The molecule has 0 unspecified atom stereocenters. The quantitative estimate of drug-likeness (QED) is 0.779. The molecule has 2 aromatic rings. The first-order valence-electron chi connectivity index (χ1n) is 7.27. The van der Waals surface area contributed by atoms with Crippen molar-refractivity contribution in [3.05, 3.63) is 51.2 Å². The average Bonchev–Trinajstić information content (AvgIpc) is 3.08. The van der Waals surface area contributed by atoms with Crippen molar-refractivity contribution in [1.82, 2.24) is 0 Å². The Morgan fingerprint density at radius 3 is 2.95 bits per heavy atom. The molecule has 1 atom stereocenters. The lowest BCUT2D eigenvalue weighted by molar-refractivity contribution is 0.0985. The SMILES string of the molecule is C[C@@H]1Cc2ccccc2N1C(=O)c1cc2c(s1)CCC2. The second-order valence-corrected chi connectivity index (χ2v) is 6.91. The van der Waals surface area contributed by atoms with Gasteiger partial charge in [0.2, 0.25) is 0 Å². The molecular weight excluding hydrogens is 266 g/mol. The number of hydrogen-bond acceptors (Lipinski definition) is 2. The number of anilines is 1. The van der Waals surface area contributed by atoms with E-state index in [1.807, 2.05) is 11.0 Å². The summed E-state index contributed by atoms with van der Waals surface area (Å²) in [6.45, 7) is 2.14. The largest absolute Gasteiger partial charge is 0.304 e. The van der Waals surface area contributed by atoms with Gasteiger partial charge in [0.25, 0.3) is 5.91 Å². The summed E-state index contributed by atoms with van der Waals surface area (Å²) in [5.74, 6) is 0.182. The van der Waals surface area contributed by atoms with Crippen molar-refractivity contribution in [2.24, 2.45) is 0 Å². The fraction of sp³-hybridized carbons (Fsp3) is 0.353. The number of aryl methyl sites for hydroxylation is 2. The second-order valence-electron chi connectivity index (χ2n) is 5.77. The van der Waals surface area contributed by atoms with E-state index < -0.39 is 0 Å². The number of thiophene rings is 1. The Kier molecular flexibility index (Phi) is 2.71. The maximum absolute atomic E-state index is 12.9. The van der Waals surface area contributed by atoms with Crippen molar-refractivity contribution in [3.8, 4) is 0 Å². The minimum Gasteiger partial charge on any atom is -0.304 e. The van der Waals surface area contributed by atoms with Crippen LogP contribution in [0.5, 0.6) is 0 Å². The van der Waals surface area contributed by atoms with Gasteiger partial charge in [0, 0.05) is 16.6 Å². The van der Waals surface area contributed by atoms with E-state index in [4.69, 9.17) is 0 Å². The van der Waals surface area contributed by atoms with Crippen molar-refractivity contribution in [2.75, 3.05) is 4.90 Å². The average molecular weight is 283 g/mol. The normalized spacial score (nSPS) is 20.1. The van der Waals surface area contributed by atoms with Gasteiger partial charge in [0.05, 0.1) is 4.88 Å². The predicted molar refractivity (Wildman–Crippen MR) is 82.8 cm³/mol. The van der Waals surface area contributed by atoms with Crippen LogP contribution in [0.15, 0.2) is 30.3 Å². The lowest BCUT2D eigenvalue weighted by Gasteiger charge is -2.22. The van der Waals surface area contributed by atoms with Crippen LogP contribution in [0.2, 0.25) is 0 Å². The summed E-state index contributed by atoms with van der Waals surface area (Å²) in [6, 6.07) is 10.7. The van der Waals surface area contributed by atoms with Crippen molar-refractivity contribution in [1.29, 1.82) is 0 Å². The number of amides is 1. The van der Waals surface area contributed by atoms with Gasteiger partial charge in [0.1, 0.15) is 0 Å². The van der Waals surface area contributed by atoms with Gasteiger partial charge in [-0.05, 0) is 55.9 Å². The first-order chi connectivity index (χ1) is 9.74. The number of benzene rings is 1. The van der Waals surface area contributed by atoms with Gasteiger partial charge in [-0.1, -0.05) is 18.2 Å². The number of nitrogens with zero attached hydrogens (tertiary/aromatic N) is 1. The molecule has 0 radical (unpaired) electrons. The van der Waals surface area contributed by atoms with Crippen LogP contribution in [0.25, 0.3) is 0 Å². The molecule has 0 bridgehead atoms. The number of fused-ring (bicyclic) bond motifs is 2. The number of carbonyl (C=O) groups excluding carboxylic acids is 1. The molecule has 2 nitrogen and oxygen atoms in total. The molecule has 0 N–H and O–H groups in total. The highest BCUT2D eigenvalue weighted by atomic mass is 32.1. The zero-order valence-corrected chi connectivity index (χ0v) is 12.4. The lowest BCUT2D eigenvalue weighted by atomic mass is 10.1. The highest BCUT2D eigenvalue weighted by Gasteiger charge is 2.32. The lowest BCUT2D eigenvalue weighted by Crippen LogP contribution is -2.35. The molecule has 4 rings (SSSR count). The second kappa shape index (κ2) is 4.45. The fourth-order valence-electron chi connectivity index (χ4n) is 3.43. The molecule has 1 aromatic carbocycles. The minimum atomic E-state index is 0.182. The van der Waals surface area contributed by atoms with Crippen molar-refractivity contribution in [3.63, 3.8) is 0 Å². The van der Waals surface area contributed by atoms with E-state index in [9.17, 15) is 4.79 Å². The van der Waals surface area contributed by atoms with Crippen molar-refractivity contribution < 1.29 is 4.79 Å². The molecule has 2 heterocycles. The molecule has 1 amide bonds. The Balaban J connectivity index is 1.71. The summed E-state index contributed by atoms with van der Waals surface area (Å²) in [4.78, 5) is 17.2. The highest BCUT2D eigenvalue weighted by Crippen LogP contribution is 2.36. The Morgan fingerprint density at radius 2 is 2.10 bits per heavy atom. The summed E-state index contributed by atoms with van der Waals surface area (Å²) >= 11 is 1.70. The molecule has 0 saturated carbocycles. The molecule has 1 aliphatic carbocycles. The number of hydrogen-bond donors (Lipinski definition) is 0. The van der Waals surface area contributed by atoms with E-state index in [0.29, 0.717) is 0 Å². The third kappa shape index (κ3) is 1.73. The Bertz CT molecular complexity index is 667. The molecule has 20 heavy (non-hydrogen) atoms. The van der Waals surface area contributed by atoms with E-state index in [-0.39, 0.29) is 11.9 Å². The molecule has 102 valence electrons. The molecule has 1 aliphatic heterocycles. The van der Waals surface area contributed by atoms with Gasteiger partial charge >= 0.3 is 0 Å². The zero-order chi connectivity index (χ0) is 13.7. The molecule has 0 saturated heterocycles. The van der Waals surface area contributed by atoms with Crippen molar-refractivity contribution in [2.45, 2.75) is 38.6 Å². The van der Waals surface area contributed by atoms with E-state index >= 15 is 0 Å². The van der Waals surface area contributed by atoms with Gasteiger partial charge in [-0.25, -0.2) is 0 Å². The summed E-state index contributed by atoms with van der Waals surface area (Å²) < 4.78 is 0. The topological polar surface area (TPSA) is 20.3 Å². The van der Waals surface area contributed by atoms with E-state index in [1.54, 1.807) is 11.3 Å². The molecule has 2 aliphatic rings. The fourth-order valence-corrected chi connectivity index (χ4v) is 4.62. The maximum Gasteiger partial charge on any atom is 0.268 e. The number of para-hydroxylation sites is 1. The third-order valence-electron chi connectivity index (χ3n) is 4.38. The summed E-state index contributed by atoms with van der Waals surface area (Å²) in [6.07, 6.45) is 4.51. The van der Waals surface area contributed by atoms with Crippen LogP contribution in [0.1, 0.15) is 39.0 Å². The minimum absolute atomic E-state index is 0.182. The van der Waals surface area contributed by atoms with Gasteiger partial charge in [0.15, 0.2) is 0 Å². The number of rotatable bonds is 1. The Labute approximate surface area is 123 Å². The maximum atomic E-state index is 12.9. The van der Waals surface area contributed by atoms with Crippen LogP contribution in [-0.2, 0) is 19.3 Å². The molecule has 0 fully saturated rings. The smallest absolute Gasteiger partial charge is 0.268 e. The molecular formula is C17H17NOS. The molecule has 3 heteroatoms. The molecule has 0 spiro atoms. The van der Waals surface area contributed by atoms with Crippen molar-refractivity contribution >= 4 is 22.9 Å². The van der Waals surface area contributed by atoms with Gasteiger partial charge < -0.3 is 4.90 Å². The van der Waals surface area contributed by atoms with Crippen LogP contribution in [-0.4, -0.2) is 11.9 Å². The van der Waals surface area contributed by atoms with Gasteiger partial charge in [-0.15, -0.1) is 11.3 Å². The standard InChI is InChI=1S/C17H17NOS/c1-11-9-12-5-2-3-7-14(12)18(11)17(19)16-10-13-6-4-8-15(13)20-16/h2-3,5,7,10-11H,4,6,8-9H2,1H3/t11-/m1/s1.